The quantitative estimate of drug-likeness (QED) is 0.843. The molecule has 108 valence electrons. The van der Waals surface area contributed by atoms with Gasteiger partial charge in [0.15, 0.2) is 0 Å². The molecule has 3 nitrogen and oxygen atoms in total. The van der Waals surface area contributed by atoms with E-state index < -0.39 is 0 Å². The van der Waals surface area contributed by atoms with E-state index in [1.807, 2.05) is 12.1 Å². The van der Waals surface area contributed by atoms with Crippen LogP contribution in [0.25, 0.3) is 0 Å². The Balaban J connectivity index is 2.01. The summed E-state index contributed by atoms with van der Waals surface area (Å²) in [5.74, 6) is 5.49. The Hall–Kier alpha value is -1.51. The first-order valence-electron chi connectivity index (χ1n) is 6.11. The van der Waals surface area contributed by atoms with E-state index in [1.165, 1.54) is 11.3 Å². The molecule has 0 bridgehead atoms. The van der Waals surface area contributed by atoms with E-state index in [0.717, 1.165) is 9.75 Å². The molecule has 2 aromatic rings. The molecule has 3 N–H and O–H groups in total. The number of nitrogens with one attached hydrogen (secondary N) is 1. The number of amides is 1. The summed E-state index contributed by atoms with van der Waals surface area (Å²) >= 11 is 13.4. The number of carbonyl (C=O) groups is 1. The van der Waals surface area contributed by atoms with Gasteiger partial charge >= 0.3 is 0 Å². The molecule has 1 aromatic heterocycles. The second-order valence-corrected chi connectivity index (χ2v) is 6.09. The lowest BCUT2D eigenvalue weighted by Crippen LogP contribution is -2.22. The second-order valence-electron chi connectivity index (χ2n) is 4.08. The zero-order chi connectivity index (χ0) is 15.2. The first-order valence-corrected chi connectivity index (χ1v) is 7.68. The molecule has 0 aliphatic rings. The lowest BCUT2D eigenvalue weighted by atomic mass is 10.2. The first kappa shape index (κ1) is 15.9. The average molecular weight is 339 g/mol. The van der Waals surface area contributed by atoms with E-state index in [9.17, 15) is 4.79 Å². The van der Waals surface area contributed by atoms with Crippen molar-refractivity contribution in [1.29, 1.82) is 0 Å². The summed E-state index contributed by atoms with van der Waals surface area (Å²) in [6, 6.07) is 8.62. The standard InChI is InChI=1S/C15H12Cl2N2OS/c16-10-3-6-14(17)13(8-10)15(20)19-9-12-5-4-11(21-12)2-1-7-18/h3-6,8H,7,9,18H2,(H,19,20). The van der Waals surface area contributed by atoms with Crippen molar-refractivity contribution < 1.29 is 4.79 Å². The van der Waals surface area contributed by atoms with Crippen molar-refractivity contribution in [2.24, 2.45) is 5.73 Å². The Morgan fingerprint density at radius 3 is 2.86 bits per heavy atom. The van der Waals surface area contributed by atoms with Gasteiger partial charge in [0.25, 0.3) is 5.91 Å². The lowest BCUT2D eigenvalue weighted by molar-refractivity contribution is 0.0951. The van der Waals surface area contributed by atoms with Gasteiger partial charge in [-0.05, 0) is 30.3 Å². The summed E-state index contributed by atoms with van der Waals surface area (Å²) < 4.78 is 0. The van der Waals surface area contributed by atoms with Gasteiger partial charge < -0.3 is 11.1 Å². The topological polar surface area (TPSA) is 55.1 Å². The van der Waals surface area contributed by atoms with Crippen LogP contribution in [0.2, 0.25) is 10.0 Å². The Kier molecular flexibility index (Phi) is 5.66. The molecule has 21 heavy (non-hydrogen) atoms. The molecule has 0 atom stereocenters. The largest absolute Gasteiger partial charge is 0.347 e. The van der Waals surface area contributed by atoms with Crippen LogP contribution in [-0.4, -0.2) is 12.5 Å². The summed E-state index contributed by atoms with van der Waals surface area (Å²) in [7, 11) is 0. The number of carbonyl (C=O) groups excluding carboxylic acids is 1. The zero-order valence-corrected chi connectivity index (χ0v) is 13.3. The third-order valence-electron chi connectivity index (χ3n) is 2.57. The number of hydrogen-bond acceptors (Lipinski definition) is 3. The van der Waals surface area contributed by atoms with Gasteiger partial charge in [0.05, 0.1) is 28.6 Å². The van der Waals surface area contributed by atoms with Crippen LogP contribution < -0.4 is 11.1 Å². The van der Waals surface area contributed by atoms with Gasteiger partial charge in [-0.15, -0.1) is 11.3 Å². The molecule has 0 aliphatic carbocycles. The van der Waals surface area contributed by atoms with E-state index in [-0.39, 0.29) is 5.91 Å². The zero-order valence-electron chi connectivity index (χ0n) is 11.0. The minimum absolute atomic E-state index is 0.259. The van der Waals surface area contributed by atoms with Crippen molar-refractivity contribution in [2.45, 2.75) is 6.54 Å². The molecular formula is C15H12Cl2N2OS. The first-order chi connectivity index (χ1) is 10.1. The van der Waals surface area contributed by atoms with Gasteiger partial charge in [-0.3, -0.25) is 4.79 Å². The number of benzene rings is 1. The molecule has 0 aliphatic heterocycles. The van der Waals surface area contributed by atoms with Gasteiger partial charge in [-0.25, -0.2) is 0 Å². The van der Waals surface area contributed by atoms with Crippen LogP contribution in [0.15, 0.2) is 30.3 Å². The summed E-state index contributed by atoms with van der Waals surface area (Å²) in [5, 5.41) is 3.65. The Labute approximate surface area is 137 Å². The molecule has 2 rings (SSSR count). The molecule has 0 fully saturated rings. The monoisotopic (exact) mass is 338 g/mol. The van der Waals surface area contributed by atoms with Crippen molar-refractivity contribution in [3.8, 4) is 11.8 Å². The highest BCUT2D eigenvalue weighted by atomic mass is 35.5. The lowest BCUT2D eigenvalue weighted by Gasteiger charge is -2.06. The predicted octanol–water partition coefficient (Wildman–Crippen LogP) is 3.30. The summed E-state index contributed by atoms with van der Waals surface area (Å²) in [6.07, 6.45) is 0. The number of halogens is 2. The van der Waals surface area contributed by atoms with E-state index in [4.69, 9.17) is 28.9 Å². The van der Waals surface area contributed by atoms with Gasteiger partial charge in [-0.1, -0.05) is 35.0 Å². The molecule has 1 aromatic carbocycles. The van der Waals surface area contributed by atoms with E-state index in [0.29, 0.717) is 28.7 Å². The van der Waals surface area contributed by atoms with Crippen molar-refractivity contribution in [3.05, 3.63) is 55.7 Å². The highest BCUT2D eigenvalue weighted by Crippen LogP contribution is 2.21. The highest BCUT2D eigenvalue weighted by molar-refractivity contribution is 7.12. The van der Waals surface area contributed by atoms with Crippen LogP contribution in [0.3, 0.4) is 0 Å². The SMILES string of the molecule is NCC#Cc1ccc(CNC(=O)c2cc(Cl)ccc2Cl)s1. The Morgan fingerprint density at radius 1 is 1.29 bits per heavy atom. The van der Waals surface area contributed by atoms with Crippen molar-refractivity contribution in [1.82, 2.24) is 5.32 Å². The predicted molar refractivity (Wildman–Crippen MR) is 87.9 cm³/mol. The molecule has 0 unspecified atom stereocenters. The van der Waals surface area contributed by atoms with Gasteiger partial charge in [0.2, 0.25) is 0 Å². The van der Waals surface area contributed by atoms with Crippen LogP contribution in [0.1, 0.15) is 20.1 Å². The van der Waals surface area contributed by atoms with Crippen molar-refractivity contribution in [3.63, 3.8) is 0 Å². The number of rotatable bonds is 3. The van der Waals surface area contributed by atoms with Crippen molar-refractivity contribution in [2.75, 3.05) is 6.54 Å². The smallest absolute Gasteiger partial charge is 0.253 e. The molecular weight excluding hydrogens is 327 g/mol. The van der Waals surface area contributed by atoms with Crippen LogP contribution >= 0.6 is 34.5 Å². The van der Waals surface area contributed by atoms with Crippen LogP contribution in [-0.2, 0) is 6.54 Å². The van der Waals surface area contributed by atoms with Gasteiger partial charge in [0, 0.05) is 9.90 Å². The third kappa shape index (κ3) is 4.48. The second kappa shape index (κ2) is 7.48. The van der Waals surface area contributed by atoms with Crippen LogP contribution in [0.4, 0.5) is 0 Å². The fourth-order valence-corrected chi connectivity index (χ4v) is 2.81. The maximum Gasteiger partial charge on any atom is 0.253 e. The minimum atomic E-state index is -0.259. The molecule has 0 saturated heterocycles. The molecule has 0 radical (unpaired) electrons. The fraction of sp³-hybridized carbons (Fsp3) is 0.133. The fourth-order valence-electron chi connectivity index (χ4n) is 1.61. The average Bonchev–Trinajstić information content (AvgIpc) is 2.93. The summed E-state index contributed by atoms with van der Waals surface area (Å²) in [6.45, 7) is 0.744. The molecule has 1 heterocycles. The van der Waals surface area contributed by atoms with E-state index in [1.54, 1.807) is 18.2 Å². The van der Waals surface area contributed by atoms with E-state index >= 15 is 0 Å². The van der Waals surface area contributed by atoms with E-state index in [2.05, 4.69) is 17.2 Å². The maximum absolute atomic E-state index is 12.1. The molecule has 0 spiro atoms. The van der Waals surface area contributed by atoms with Crippen LogP contribution in [0, 0.1) is 11.8 Å². The summed E-state index contributed by atoms with van der Waals surface area (Å²) in [4.78, 5) is 14.0. The molecule has 1 amide bonds. The number of hydrogen-bond donors (Lipinski definition) is 2. The molecule has 6 heteroatoms. The Bertz CT molecular complexity index is 716. The van der Waals surface area contributed by atoms with Crippen molar-refractivity contribution >= 4 is 40.4 Å². The summed E-state index contributed by atoms with van der Waals surface area (Å²) in [5.41, 5.74) is 5.69. The normalized spacial score (nSPS) is 9.86. The highest BCUT2D eigenvalue weighted by Gasteiger charge is 2.11. The number of nitrogens with two attached hydrogens (primary N) is 1. The molecule has 0 saturated carbocycles. The maximum atomic E-state index is 12.1. The van der Waals surface area contributed by atoms with Gasteiger partial charge in [-0.2, -0.15) is 0 Å². The van der Waals surface area contributed by atoms with Gasteiger partial charge in [0.1, 0.15) is 0 Å². The minimum Gasteiger partial charge on any atom is -0.347 e. The van der Waals surface area contributed by atoms with Crippen LogP contribution in [0.5, 0.6) is 0 Å². The Morgan fingerprint density at radius 2 is 2.10 bits per heavy atom. The number of thiophene rings is 1. The third-order valence-corrected chi connectivity index (χ3v) is 4.14.